The maximum absolute atomic E-state index is 12.3. The quantitative estimate of drug-likeness (QED) is 0.102. The second kappa shape index (κ2) is 16.9. The van der Waals surface area contributed by atoms with Crippen LogP contribution in [0.5, 0.6) is 0 Å². The number of unbranched alkanes of at least 4 members (excludes halogenated alkanes) is 3. The number of carbonyl (C=O) groups is 4. The Morgan fingerprint density at radius 3 is 2.45 bits per heavy atom. The lowest BCUT2D eigenvalue weighted by Gasteiger charge is -2.29. The summed E-state index contributed by atoms with van der Waals surface area (Å²) in [5.41, 5.74) is 1.45. The number of thioether (sulfide) groups is 1. The summed E-state index contributed by atoms with van der Waals surface area (Å²) >= 11 is 1.91. The van der Waals surface area contributed by atoms with Crippen LogP contribution in [0.2, 0.25) is 0 Å². The minimum absolute atomic E-state index is 0.0219. The summed E-state index contributed by atoms with van der Waals surface area (Å²) < 4.78 is 0. The van der Waals surface area contributed by atoms with Crippen LogP contribution in [0, 0.1) is 11.8 Å². The van der Waals surface area contributed by atoms with Gasteiger partial charge in [0.2, 0.25) is 17.7 Å². The molecule has 5 N–H and O–H groups in total. The van der Waals surface area contributed by atoms with Gasteiger partial charge in [-0.25, -0.2) is 4.79 Å². The van der Waals surface area contributed by atoms with E-state index in [0.717, 1.165) is 57.1 Å². The normalized spacial score (nSPS) is 26.2. The molecule has 3 rings (SSSR count). The Balaban J connectivity index is 1.11. The smallest absolute Gasteiger partial charge is 0.315 e. The first-order valence-corrected chi connectivity index (χ1v) is 16.5. The fourth-order valence-corrected chi connectivity index (χ4v) is 7.48. The Labute approximate surface area is 244 Å². The van der Waals surface area contributed by atoms with Crippen LogP contribution in [-0.2, 0) is 14.4 Å². The predicted octanol–water partition coefficient (Wildman–Crippen LogP) is 3.78. The predicted molar refractivity (Wildman–Crippen MR) is 161 cm³/mol. The highest BCUT2D eigenvalue weighted by Gasteiger charge is 2.42. The molecule has 2 heterocycles. The van der Waals surface area contributed by atoms with Crippen LogP contribution in [0.4, 0.5) is 4.79 Å². The monoisotopic (exact) mass is 577 g/mol. The first-order valence-electron chi connectivity index (χ1n) is 15.4. The topological polar surface area (TPSA) is 128 Å². The van der Waals surface area contributed by atoms with Crippen LogP contribution in [0.15, 0.2) is 11.6 Å². The minimum Gasteiger partial charge on any atom is -0.356 e. The van der Waals surface area contributed by atoms with Crippen molar-refractivity contribution in [1.29, 1.82) is 0 Å². The van der Waals surface area contributed by atoms with E-state index in [2.05, 4.69) is 46.5 Å². The van der Waals surface area contributed by atoms with Gasteiger partial charge in [0, 0.05) is 49.4 Å². The lowest BCUT2D eigenvalue weighted by Crippen LogP contribution is -2.36. The van der Waals surface area contributed by atoms with E-state index in [-0.39, 0.29) is 41.9 Å². The summed E-state index contributed by atoms with van der Waals surface area (Å²) in [5.74, 6) is 2.27. The molecule has 0 radical (unpaired) electrons. The van der Waals surface area contributed by atoms with E-state index in [1.165, 1.54) is 12.0 Å². The molecule has 0 bridgehead atoms. The van der Waals surface area contributed by atoms with Gasteiger partial charge in [-0.2, -0.15) is 11.8 Å². The summed E-state index contributed by atoms with van der Waals surface area (Å²) in [5, 5.41) is 15.3. The van der Waals surface area contributed by atoms with E-state index in [4.69, 9.17) is 0 Å². The zero-order chi connectivity index (χ0) is 28.9. The van der Waals surface area contributed by atoms with E-state index in [1.807, 2.05) is 18.7 Å². The number of nitrogens with one attached hydrogen (secondary N) is 5. The Hall–Kier alpha value is -2.23. The molecular weight excluding hydrogens is 526 g/mol. The van der Waals surface area contributed by atoms with Gasteiger partial charge in [0.15, 0.2) is 0 Å². The van der Waals surface area contributed by atoms with Gasteiger partial charge < -0.3 is 26.6 Å². The highest BCUT2D eigenvalue weighted by atomic mass is 32.2. The Morgan fingerprint density at radius 1 is 0.950 bits per heavy atom. The van der Waals surface area contributed by atoms with Crippen molar-refractivity contribution in [1.82, 2.24) is 26.6 Å². The Kier molecular flexibility index (Phi) is 13.6. The third-order valence-electron chi connectivity index (χ3n) is 8.57. The molecule has 40 heavy (non-hydrogen) atoms. The van der Waals surface area contributed by atoms with Crippen LogP contribution in [0.25, 0.3) is 0 Å². The number of rotatable bonds is 17. The second-order valence-electron chi connectivity index (χ2n) is 11.9. The summed E-state index contributed by atoms with van der Waals surface area (Å²) in [6, 6.07) is 0.516. The van der Waals surface area contributed by atoms with Crippen molar-refractivity contribution in [3.8, 4) is 0 Å². The number of allylic oxidation sites excluding steroid dienone is 1. The fraction of sp³-hybridized carbons (Fsp3) is 0.800. The minimum atomic E-state index is -0.0579. The van der Waals surface area contributed by atoms with Gasteiger partial charge in [-0.1, -0.05) is 38.3 Å². The summed E-state index contributed by atoms with van der Waals surface area (Å²) in [7, 11) is 0. The van der Waals surface area contributed by atoms with Gasteiger partial charge in [-0.15, -0.1) is 0 Å². The van der Waals surface area contributed by atoms with E-state index in [1.54, 1.807) is 0 Å². The third-order valence-corrected chi connectivity index (χ3v) is 10.1. The highest BCUT2D eigenvalue weighted by Crippen LogP contribution is 2.33. The number of fused-ring (bicyclic) bond motifs is 1. The molecule has 2 fully saturated rings. The van der Waals surface area contributed by atoms with Gasteiger partial charge in [0.1, 0.15) is 0 Å². The van der Waals surface area contributed by atoms with Crippen molar-refractivity contribution in [3.05, 3.63) is 11.6 Å². The highest BCUT2D eigenvalue weighted by molar-refractivity contribution is 8.00. The van der Waals surface area contributed by atoms with Gasteiger partial charge in [-0.3, -0.25) is 14.4 Å². The van der Waals surface area contributed by atoms with Crippen molar-refractivity contribution in [2.45, 2.75) is 121 Å². The van der Waals surface area contributed by atoms with Gasteiger partial charge >= 0.3 is 6.03 Å². The lowest BCUT2D eigenvalue weighted by atomic mass is 9.78. The molecule has 10 heteroatoms. The molecule has 0 aromatic heterocycles. The molecule has 3 aliphatic rings. The maximum Gasteiger partial charge on any atom is 0.315 e. The molecule has 0 aromatic carbocycles. The molecule has 0 spiro atoms. The van der Waals surface area contributed by atoms with Crippen LogP contribution < -0.4 is 26.6 Å². The van der Waals surface area contributed by atoms with E-state index < -0.39 is 0 Å². The molecule has 0 aromatic rings. The Morgan fingerprint density at radius 2 is 1.68 bits per heavy atom. The number of hydrogen-bond acceptors (Lipinski definition) is 5. The number of carbonyl (C=O) groups excluding carboxylic acids is 4. The van der Waals surface area contributed by atoms with Crippen molar-refractivity contribution >= 4 is 35.5 Å². The molecule has 2 aliphatic heterocycles. The molecule has 3 unspecified atom stereocenters. The molecule has 5 amide bonds. The van der Waals surface area contributed by atoms with Crippen molar-refractivity contribution in [2.75, 3.05) is 18.8 Å². The number of hydrogen-bond donors (Lipinski definition) is 5. The molecule has 6 atom stereocenters. The summed E-state index contributed by atoms with van der Waals surface area (Å²) in [4.78, 5) is 47.9. The third kappa shape index (κ3) is 11.0. The van der Waals surface area contributed by atoms with Crippen LogP contribution >= 0.6 is 11.8 Å². The molecule has 9 nitrogen and oxygen atoms in total. The fourth-order valence-electron chi connectivity index (χ4n) is 5.94. The standard InChI is InChI=1S/C30H51N5O4S/c1-20-10-9-11-23(22(20)3)18-21(2)33-28(38)15-17-32-27(37)13-5-4-8-16-31-26(36)14-7-6-12-25-29-24(19-40-25)34-30(39)35-29/h11,20-22,24-25,29H,4-10,12-19H2,1-3H3,(H,31,36)(H,32,37)(H,33,38)(H2,34,35,39)/t20?,21?,22?,24-,25-,29-/m0/s1. The van der Waals surface area contributed by atoms with Crippen molar-refractivity contribution in [3.63, 3.8) is 0 Å². The first-order chi connectivity index (χ1) is 19.2. The maximum atomic E-state index is 12.3. The average Bonchev–Trinajstić information content (AvgIpc) is 3.45. The van der Waals surface area contributed by atoms with Gasteiger partial charge in [0.05, 0.1) is 12.1 Å². The summed E-state index contributed by atoms with van der Waals surface area (Å²) in [6.45, 7) is 7.62. The largest absolute Gasteiger partial charge is 0.356 e. The molecule has 1 aliphatic carbocycles. The van der Waals surface area contributed by atoms with Crippen molar-refractivity contribution < 1.29 is 19.2 Å². The first kappa shape index (κ1) is 32.3. The molecule has 226 valence electrons. The summed E-state index contributed by atoms with van der Waals surface area (Å²) in [6.07, 6.45) is 12.2. The van der Waals surface area contributed by atoms with Gasteiger partial charge in [-0.05, 0) is 63.7 Å². The van der Waals surface area contributed by atoms with Crippen LogP contribution in [-0.4, -0.2) is 66.0 Å². The van der Waals surface area contributed by atoms with E-state index in [0.29, 0.717) is 49.4 Å². The molecule has 0 saturated carbocycles. The molecular formula is C30H51N5O4S. The number of urea groups is 1. The van der Waals surface area contributed by atoms with Gasteiger partial charge in [0.25, 0.3) is 0 Å². The SMILES string of the molecule is CC(CC1=CCCC(C)C1C)NC(=O)CCNC(=O)CCCCCNC(=O)CCCC[C@@H]1SC[C@@H]2NC(=O)N[C@@H]21. The zero-order valence-corrected chi connectivity index (χ0v) is 25.5. The molecule has 2 saturated heterocycles. The average molecular weight is 578 g/mol. The van der Waals surface area contributed by atoms with E-state index >= 15 is 0 Å². The number of amides is 5. The Bertz CT molecular complexity index is 897. The van der Waals surface area contributed by atoms with Crippen LogP contribution in [0.1, 0.15) is 97.8 Å². The van der Waals surface area contributed by atoms with E-state index in [9.17, 15) is 19.2 Å². The second-order valence-corrected chi connectivity index (χ2v) is 13.2. The zero-order valence-electron chi connectivity index (χ0n) is 24.7. The van der Waals surface area contributed by atoms with Crippen LogP contribution in [0.3, 0.4) is 0 Å². The lowest BCUT2D eigenvalue weighted by molar-refractivity contribution is -0.123. The van der Waals surface area contributed by atoms with Crippen molar-refractivity contribution in [2.24, 2.45) is 11.8 Å².